The number of methoxy groups -OCH3 is 1. The summed E-state index contributed by atoms with van der Waals surface area (Å²) in [4.78, 5) is 0. The van der Waals surface area contributed by atoms with Crippen LogP contribution in [0.1, 0.15) is 5.56 Å². The average molecular weight is 262 g/mol. The van der Waals surface area contributed by atoms with Crippen molar-refractivity contribution in [1.82, 2.24) is 0 Å². The molecule has 0 fully saturated rings. The molecule has 0 saturated heterocycles. The van der Waals surface area contributed by atoms with Gasteiger partial charge in [-0.15, -0.1) is 0 Å². The van der Waals surface area contributed by atoms with Crippen LogP contribution in [0.3, 0.4) is 0 Å². The summed E-state index contributed by atoms with van der Waals surface area (Å²) in [6.45, 7) is 1.93. The molecule has 0 atom stereocenters. The second-order valence-electron chi connectivity index (χ2n) is 3.99. The van der Waals surface area contributed by atoms with Gasteiger partial charge in [-0.05, 0) is 36.8 Å². The highest BCUT2D eigenvalue weighted by atomic mass is 16.5. The Bertz CT molecular complexity index is 556. The second-order valence-corrected chi connectivity index (χ2v) is 3.99. The molecule has 0 bridgehead atoms. The van der Waals surface area contributed by atoms with Crippen LogP contribution in [0.5, 0.6) is 17.2 Å². The van der Waals surface area contributed by atoms with Gasteiger partial charge in [-0.2, -0.15) is 0 Å². The van der Waals surface area contributed by atoms with Gasteiger partial charge in [0.2, 0.25) is 0 Å². The van der Waals surface area contributed by atoms with Gasteiger partial charge in [0, 0.05) is 6.07 Å². The Labute approximate surface area is 112 Å². The quantitative estimate of drug-likeness (QED) is 0.466. The lowest BCUT2D eigenvalue weighted by atomic mass is 10.2. The van der Waals surface area contributed by atoms with Crippen molar-refractivity contribution in [2.24, 2.45) is 0 Å². The zero-order chi connectivity index (χ0) is 14.4. The fourth-order valence-electron chi connectivity index (χ4n) is 1.33. The minimum absolute atomic E-state index is 0.0841. The lowest BCUT2D eigenvalue weighted by molar-refractivity contribution is 0.413. The molecule has 0 aliphatic heterocycles. The predicted molar refractivity (Wildman–Crippen MR) is 76.3 cm³/mol. The molecule has 0 radical (unpaired) electrons. The van der Waals surface area contributed by atoms with E-state index in [1.807, 2.05) is 13.0 Å². The van der Waals surface area contributed by atoms with Gasteiger partial charge in [0.25, 0.3) is 0 Å². The highest BCUT2D eigenvalue weighted by molar-refractivity contribution is 5.55. The van der Waals surface area contributed by atoms with Gasteiger partial charge in [0.1, 0.15) is 17.2 Å². The number of hydrogen-bond donors (Lipinski definition) is 4. The molecule has 0 aliphatic carbocycles. The first-order chi connectivity index (χ1) is 8.93. The lowest BCUT2D eigenvalue weighted by Gasteiger charge is -2.01. The molecule has 2 aromatic rings. The summed E-state index contributed by atoms with van der Waals surface area (Å²) in [6.07, 6.45) is 0. The van der Waals surface area contributed by atoms with Crippen LogP contribution >= 0.6 is 0 Å². The molecule has 2 rings (SSSR count). The number of nitrogen functional groups attached to an aromatic ring is 2. The molecule has 0 heterocycles. The first-order valence-electron chi connectivity index (χ1n) is 5.61. The first kappa shape index (κ1) is 14.5. The Morgan fingerprint density at radius 2 is 1.42 bits per heavy atom. The molecule has 102 valence electrons. The molecule has 0 aromatic heterocycles. The molecule has 0 spiro atoms. The Morgan fingerprint density at radius 3 is 1.84 bits per heavy atom. The normalized spacial score (nSPS) is 9.37. The van der Waals surface area contributed by atoms with Gasteiger partial charge in [-0.25, -0.2) is 0 Å². The van der Waals surface area contributed by atoms with Gasteiger partial charge >= 0.3 is 0 Å². The Hall–Kier alpha value is -2.56. The van der Waals surface area contributed by atoms with E-state index in [1.54, 1.807) is 31.4 Å². The van der Waals surface area contributed by atoms with E-state index >= 15 is 0 Å². The van der Waals surface area contributed by atoms with Crippen LogP contribution in [0.15, 0.2) is 36.4 Å². The van der Waals surface area contributed by atoms with Gasteiger partial charge < -0.3 is 26.4 Å². The van der Waals surface area contributed by atoms with Crippen molar-refractivity contribution >= 4 is 11.4 Å². The molecule has 0 saturated carbocycles. The third-order valence-electron chi connectivity index (χ3n) is 2.42. The number of anilines is 2. The number of nitrogens with two attached hydrogens (primary N) is 2. The number of hydrogen-bond acceptors (Lipinski definition) is 5. The topological polar surface area (TPSA) is 102 Å². The van der Waals surface area contributed by atoms with Crippen LogP contribution in [-0.4, -0.2) is 17.3 Å². The zero-order valence-electron chi connectivity index (χ0n) is 10.9. The standard InChI is InChI=1S/C7H9NO2.C7H9NO/c1-10-5-2-3-7(9)6(8)4-5;1-5-2-3-7(9)6(8)4-5/h2-4,9H,8H2,1H3;2-4,9H,8H2,1H3. The van der Waals surface area contributed by atoms with Crippen molar-refractivity contribution in [2.75, 3.05) is 18.6 Å². The van der Waals surface area contributed by atoms with Crippen LogP contribution in [0.4, 0.5) is 11.4 Å². The number of phenolic OH excluding ortho intramolecular Hbond substituents is 2. The van der Waals surface area contributed by atoms with E-state index in [9.17, 15) is 0 Å². The number of aromatic hydroxyl groups is 2. The maximum atomic E-state index is 8.96. The fourth-order valence-corrected chi connectivity index (χ4v) is 1.33. The highest BCUT2D eigenvalue weighted by Gasteiger charge is 1.96. The van der Waals surface area contributed by atoms with Gasteiger partial charge in [-0.3, -0.25) is 0 Å². The summed E-state index contributed by atoms with van der Waals surface area (Å²) in [6, 6.07) is 9.83. The third-order valence-corrected chi connectivity index (χ3v) is 2.42. The van der Waals surface area contributed by atoms with E-state index in [-0.39, 0.29) is 11.5 Å². The van der Waals surface area contributed by atoms with E-state index in [2.05, 4.69) is 0 Å². The van der Waals surface area contributed by atoms with Crippen LogP contribution in [0, 0.1) is 6.92 Å². The molecule has 5 heteroatoms. The van der Waals surface area contributed by atoms with Crippen LogP contribution in [-0.2, 0) is 0 Å². The van der Waals surface area contributed by atoms with E-state index in [0.29, 0.717) is 17.1 Å². The van der Waals surface area contributed by atoms with Crippen molar-refractivity contribution in [1.29, 1.82) is 0 Å². The lowest BCUT2D eigenvalue weighted by Crippen LogP contribution is -1.87. The van der Waals surface area contributed by atoms with Gasteiger partial charge in [0.15, 0.2) is 0 Å². The van der Waals surface area contributed by atoms with Gasteiger partial charge in [-0.1, -0.05) is 6.07 Å². The molecule has 6 N–H and O–H groups in total. The number of aryl methyl sites for hydroxylation is 1. The molecule has 0 amide bonds. The minimum Gasteiger partial charge on any atom is -0.506 e. The summed E-state index contributed by atoms with van der Waals surface area (Å²) < 4.78 is 4.86. The Balaban J connectivity index is 0.000000191. The first-order valence-corrected chi connectivity index (χ1v) is 5.61. The molecule has 19 heavy (non-hydrogen) atoms. The summed E-state index contributed by atoms with van der Waals surface area (Å²) in [5.74, 6) is 0.886. The Kier molecular flexibility index (Phi) is 4.88. The predicted octanol–water partition coefficient (Wildman–Crippen LogP) is 2.27. The number of phenols is 2. The smallest absolute Gasteiger partial charge is 0.138 e. The highest BCUT2D eigenvalue weighted by Crippen LogP contribution is 2.24. The van der Waals surface area contributed by atoms with E-state index < -0.39 is 0 Å². The number of ether oxygens (including phenoxy) is 1. The van der Waals surface area contributed by atoms with Crippen LogP contribution in [0.2, 0.25) is 0 Å². The minimum atomic E-state index is 0.0841. The van der Waals surface area contributed by atoms with Crippen molar-refractivity contribution in [3.05, 3.63) is 42.0 Å². The monoisotopic (exact) mass is 262 g/mol. The molecular formula is C14H18N2O3. The van der Waals surface area contributed by atoms with E-state index in [0.717, 1.165) is 5.56 Å². The molecule has 0 aliphatic rings. The summed E-state index contributed by atoms with van der Waals surface area (Å²) in [5, 5.41) is 17.9. The fraction of sp³-hybridized carbons (Fsp3) is 0.143. The molecule has 5 nitrogen and oxygen atoms in total. The van der Waals surface area contributed by atoms with E-state index in [4.69, 9.17) is 26.4 Å². The maximum Gasteiger partial charge on any atom is 0.138 e. The summed E-state index contributed by atoms with van der Waals surface area (Å²) in [5.41, 5.74) is 12.6. The van der Waals surface area contributed by atoms with Crippen LogP contribution in [0.25, 0.3) is 0 Å². The average Bonchev–Trinajstić information content (AvgIpc) is 2.38. The second kappa shape index (κ2) is 6.39. The summed E-state index contributed by atoms with van der Waals surface area (Å²) in [7, 11) is 1.55. The third kappa shape index (κ3) is 4.31. The SMILES string of the molecule is COc1ccc(O)c(N)c1.Cc1ccc(O)c(N)c1. The molecule has 0 unspecified atom stereocenters. The summed E-state index contributed by atoms with van der Waals surface area (Å²) >= 11 is 0. The molecule has 2 aromatic carbocycles. The van der Waals surface area contributed by atoms with Crippen LogP contribution < -0.4 is 16.2 Å². The molecular weight excluding hydrogens is 244 g/mol. The van der Waals surface area contributed by atoms with Crippen molar-refractivity contribution in [3.63, 3.8) is 0 Å². The Morgan fingerprint density at radius 1 is 0.895 bits per heavy atom. The largest absolute Gasteiger partial charge is 0.506 e. The maximum absolute atomic E-state index is 8.96. The van der Waals surface area contributed by atoms with Crippen molar-refractivity contribution in [3.8, 4) is 17.2 Å². The van der Waals surface area contributed by atoms with Crippen molar-refractivity contribution in [2.45, 2.75) is 6.92 Å². The van der Waals surface area contributed by atoms with Crippen molar-refractivity contribution < 1.29 is 14.9 Å². The zero-order valence-corrected chi connectivity index (χ0v) is 10.9. The number of rotatable bonds is 1. The van der Waals surface area contributed by atoms with E-state index in [1.165, 1.54) is 6.07 Å². The number of benzene rings is 2. The van der Waals surface area contributed by atoms with Gasteiger partial charge in [0.05, 0.1) is 18.5 Å².